The summed E-state index contributed by atoms with van der Waals surface area (Å²) in [4.78, 5) is 26.9. The molecule has 1 fully saturated rings. The standard InChI is InChI=1S/C24H29FN2O4/c1-23(2,3)24(21(26)28)14-13-20(27(24)22(29)30-4)16-9-11-18(12-10-16)31-15-17-7-5-6-8-19(17)25/h5-12,20H,13-15H2,1-4H3,(H2,26,28)/t20-,24-/m1/s1. The van der Waals surface area contributed by atoms with Crippen molar-refractivity contribution in [3.05, 3.63) is 65.5 Å². The highest BCUT2D eigenvalue weighted by atomic mass is 19.1. The number of carbonyl (C=O) groups excluding carboxylic acids is 2. The van der Waals surface area contributed by atoms with Crippen LogP contribution in [0.3, 0.4) is 0 Å². The summed E-state index contributed by atoms with van der Waals surface area (Å²) in [5.41, 5.74) is 5.41. The molecule has 1 aliphatic rings. The minimum Gasteiger partial charge on any atom is -0.489 e. The molecule has 166 valence electrons. The van der Waals surface area contributed by atoms with Gasteiger partial charge in [-0.2, -0.15) is 0 Å². The van der Waals surface area contributed by atoms with Crippen molar-refractivity contribution in [1.82, 2.24) is 4.90 Å². The third-order valence-electron chi connectivity index (χ3n) is 6.14. The van der Waals surface area contributed by atoms with Crippen LogP contribution in [0, 0.1) is 11.2 Å². The van der Waals surface area contributed by atoms with E-state index in [1.165, 1.54) is 18.1 Å². The number of amides is 2. The van der Waals surface area contributed by atoms with Crippen LogP contribution in [0.15, 0.2) is 48.5 Å². The summed E-state index contributed by atoms with van der Waals surface area (Å²) in [6, 6.07) is 13.3. The number of carbonyl (C=O) groups is 2. The Hall–Kier alpha value is -3.09. The van der Waals surface area contributed by atoms with E-state index >= 15 is 0 Å². The lowest BCUT2D eigenvalue weighted by Gasteiger charge is -2.46. The monoisotopic (exact) mass is 428 g/mol. The Morgan fingerprint density at radius 2 is 1.81 bits per heavy atom. The maximum atomic E-state index is 13.8. The number of ether oxygens (including phenoxy) is 2. The molecule has 0 saturated carbocycles. The molecule has 2 atom stereocenters. The normalized spacial score (nSPS) is 21.1. The largest absolute Gasteiger partial charge is 0.489 e. The summed E-state index contributed by atoms with van der Waals surface area (Å²) in [7, 11) is 1.30. The zero-order valence-electron chi connectivity index (χ0n) is 18.4. The molecule has 2 amide bonds. The molecule has 2 aromatic carbocycles. The van der Waals surface area contributed by atoms with Gasteiger partial charge in [-0.05, 0) is 42.0 Å². The summed E-state index contributed by atoms with van der Waals surface area (Å²) in [6.45, 7) is 5.81. The number of rotatable bonds is 5. The molecule has 2 aromatic rings. The highest BCUT2D eigenvalue weighted by Crippen LogP contribution is 2.51. The van der Waals surface area contributed by atoms with E-state index in [0.29, 0.717) is 24.2 Å². The van der Waals surface area contributed by atoms with Gasteiger partial charge in [0.15, 0.2) is 0 Å². The van der Waals surface area contributed by atoms with Gasteiger partial charge in [0, 0.05) is 5.56 Å². The lowest BCUT2D eigenvalue weighted by Crippen LogP contribution is -2.63. The molecular weight excluding hydrogens is 399 g/mol. The average molecular weight is 429 g/mol. The maximum absolute atomic E-state index is 13.8. The Kier molecular flexibility index (Phi) is 6.25. The zero-order chi connectivity index (χ0) is 22.8. The Morgan fingerprint density at radius 1 is 1.16 bits per heavy atom. The second kappa shape index (κ2) is 8.57. The Bertz CT molecular complexity index is 955. The number of hydrogen-bond acceptors (Lipinski definition) is 4. The van der Waals surface area contributed by atoms with E-state index in [-0.39, 0.29) is 18.5 Å². The lowest BCUT2D eigenvalue weighted by molar-refractivity contribution is -0.135. The molecule has 0 radical (unpaired) electrons. The molecule has 0 aromatic heterocycles. The number of benzene rings is 2. The van der Waals surface area contributed by atoms with E-state index in [1.54, 1.807) is 30.3 Å². The fourth-order valence-corrected chi connectivity index (χ4v) is 4.47. The topological polar surface area (TPSA) is 81.9 Å². The van der Waals surface area contributed by atoms with Gasteiger partial charge in [0.25, 0.3) is 0 Å². The van der Waals surface area contributed by atoms with E-state index in [9.17, 15) is 14.0 Å². The van der Waals surface area contributed by atoms with Crippen molar-refractivity contribution < 1.29 is 23.5 Å². The SMILES string of the molecule is COC(=O)N1[C@@H](c2ccc(OCc3ccccc3F)cc2)CC[C@@]1(C(N)=O)C(C)(C)C. The minimum atomic E-state index is -1.16. The molecule has 1 aliphatic heterocycles. The van der Waals surface area contributed by atoms with Gasteiger partial charge in [-0.3, -0.25) is 9.69 Å². The van der Waals surface area contributed by atoms with E-state index in [4.69, 9.17) is 15.2 Å². The second-order valence-electron chi connectivity index (χ2n) is 8.82. The van der Waals surface area contributed by atoms with Crippen LogP contribution in [0.1, 0.15) is 50.8 Å². The van der Waals surface area contributed by atoms with E-state index in [0.717, 1.165) is 5.56 Å². The number of nitrogens with two attached hydrogens (primary N) is 1. The molecule has 0 aliphatic carbocycles. The molecule has 0 unspecified atom stereocenters. The molecule has 1 saturated heterocycles. The number of primary amides is 1. The van der Waals surface area contributed by atoms with E-state index < -0.39 is 23.0 Å². The summed E-state index contributed by atoms with van der Waals surface area (Å²) >= 11 is 0. The third kappa shape index (κ3) is 4.09. The van der Waals surface area contributed by atoms with Gasteiger partial charge in [0.05, 0.1) is 13.2 Å². The molecule has 31 heavy (non-hydrogen) atoms. The van der Waals surface area contributed by atoms with Gasteiger partial charge in [-0.1, -0.05) is 51.1 Å². The Morgan fingerprint density at radius 3 is 2.35 bits per heavy atom. The first-order chi connectivity index (χ1) is 14.6. The van der Waals surface area contributed by atoms with Crippen molar-refractivity contribution in [3.8, 4) is 5.75 Å². The lowest BCUT2D eigenvalue weighted by atomic mass is 9.71. The quantitative estimate of drug-likeness (QED) is 0.756. The zero-order valence-corrected chi connectivity index (χ0v) is 18.4. The van der Waals surface area contributed by atoms with Gasteiger partial charge in [-0.15, -0.1) is 0 Å². The maximum Gasteiger partial charge on any atom is 0.410 e. The van der Waals surface area contributed by atoms with Crippen molar-refractivity contribution in [3.63, 3.8) is 0 Å². The van der Waals surface area contributed by atoms with Crippen LogP contribution < -0.4 is 10.5 Å². The molecule has 0 spiro atoms. The summed E-state index contributed by atoms with van der Waals surface area (Å²) < 4.78 is 24.5. The van der Waals surface area contributed by atoms with Gasteiger partial charge >= 0.3 is 6.09 Å². The fraction of sp³-hybridized carbons (Fsp3) is 0.417. The van der Waals surface area contributed by atoms with Crippen molar-refractivity contribution in [2.45, 2.75) is 51.8 Å². The van der Waals surface area contributed by atoms with Crippen LogP contribution in [0.25, 0.3) is 0 Å². The first-order valence-electron chi connectivity index (χ1n) is 10.2. The summed E-state index contributed by atoms with van der Waals surface area (Å²) in [5, 5.41) is 0. The minimum absolute atomic E-state index is 0.110. The van der Waals surface area contributed by atoms with E-state index in [1.807, 2.05) is 32.9 Å². The first kappa shape index (κ1) is 22.6. The molecular formula is C24H29FN2O4. The van der Waals surface area contributed by atoms with Crippen LogP contribution in [0.5, 0.6) is 5.75 Å². The molecule has 2 N–H and O–H groups in total. The number of methoxy groups -OCH3 is 1. The van der Waals surface area contributed by atoms with Crippen LogP contribution in [-0.2, 0) is 16.1 Å². The van der Waals surface area contributed by atoms with E-state index in [2.05, 4.69) is 0 Å². The number of likely N-dealkylation sites (tertiary alicyclic amines) is 1. The Balaban J connectivity index is 1.85. The van der Waals surface area contributed by atoms with Crippen LogP contribution in [-0.4, -0.2) is 29.5 Å². The molecule has 0 bridgehead atoms. The van der Waals surface area contributed by atoms with Crippen molar-refractivity contribution in [1.29, 1.82) is 0 Å². The smallest absolute Gasteiger partial charge is 0.410 e. The predicted octanol–water partition coefficient (Wildman–Crippen LogP) is 4.58. The summed E-state index contributed by atoms with van der Waals surface area (Å²) in [6.07, 6.45) is 0.429. The number of hydrogen-bond donors (Lipinski definition) is 1. The molecule has 7 heteroatoms. The van der Waals surface area contributed by atoms with Gasteiger partial charge in [-0.25, -0.2) is 9.18 Å². The van der Waals surface area contributed by atoms with Gasteiger partial charge < -0.3 is 15.2 Å². The highest BCUT2D eigenvalue weighted by molar-refractivity contribution is 5.90. The predicted molar refractivity (Wildman–Crippen MR) is 115 cm³/mol. The highest BCUT2D eigenvalue weighted by Gasteiger charge is 2.60. The second-order valence-corrected chi connectivity index (χ2v) is 8.82. The fourth-order valence-electron chi connectivity index (χ4n) is 4.47. The first-order valence-corrected chi connectivity index (χ1v) is 10.2. The molecule has 3 rings (SSSR count). The molecule has 6 nitrogen and oxygen atoms in total. The van der Waals surface area contributed by atoms with Crippen LogP contribution in [0.2, 0.25) is 0 Å². The van der Waals surface area contributed by atoms with Crippen molar-refractivity contribution in [2.24, 2.45) is 11.1 Å². The number of nitrogens with zero attached hydrogens (tertiary/aromatic N) is 1. The third-order valence-corrected chi connectivity index (χ3v) is 6.14. The average Bonchev–Trinajstić information content (AvgIpc) is 3.15. The Labute approximate surface area is 182 Å². The van der Waals surface area contributed by atoms with Gasteiger partial charge in [0.2, 0.25) is 5.91 Å². The summed E-state index contributed by atoms with van der Waals surface area (Å²) in [5.74, 6) is -0.284. The van der Waals surface area contributed by atoms with Crippen LogP contribution >= 0.6 is 0 Å². The van der Waals surface area contributed by atoms with Crippen molar-refractivity contribution >= 4 is 12.0 Å². The molecule has 1 heterocycles. The number of halogens is 1. The van der Waals surface area contributed by atoms with Gasteiger partial charge in [0.1, 0.15) is 23.7 Å². The van der Waals surface area contributed by atoms with Crippen molar-refractivity contribution in [2.75, 3.05) is 7.11 Å². The van der Waals surface area contributed by atoms with Crippen LogP contribution in [0.4, 0.5) is 9.18 Å².